The second-order valence-electron chi connectivity index (χ2n) is 10.7. The summed E-state index contributed by atoms with van der Waals surface area (Å²) >= 11 is 0. The monoisotopic (exact) mass is 382 g/mol. The highest BCUT2D eigenvalue weighted by Gasteiger charge is 2.33. The van der Waals surface area contributed by atoms with E-state index in [1.807, 2.05) is 26.0 Å². The fraction of sp³-hybridized carbons (Fsp3) is 0.538. The maximum Gasteiger partial charge on any atom is 0.119 e. The van der Waals surface area contributed by atoms with E-state index in [2.05, 4.69) is 67.5 Å². The molecule has 0 spiro atoms. The third-order valence-electron chi connectivity index (χ3n) is 5.42. The van der Waals surface area contributed by atoms with E-state index in [0.29, 0.717) is 17.4 Å². The molecule has 2 N–H and O–H groups in total. The molecule has 0 radical (unpaired) electrons. The van der Waals surface area contributed by atoms with Crippen LogP contribution < -0.4 is 0 Å². The first-order valence-electron chi connectivity index (χ1n) is 10.3. The van der Waals surface area contributed by atoms with Gasteiger partial charge in [0.15, 0.2) is 0 Å². The second-order valence-corrected chi connectivity index (χ2v) is 10.7. The summed E-state index contributed by atoms with van der Waals surface area (Å²) < 4.78 is 0. The highest BCUT2D eigenvalue weighted by molar-refractivity contribution is 5.56. The first kappa shape index (κ1) is 22.3. The molecular weight excluding hydrogens is 344 g/mol. The zero-order valence-electron chi connectivity index (χ0n) is 19.4. The van der Waals surface area contributed by atoms with E-state index < -0.39 is 0 Å². The predicted octanol–water partition coefficient (Wildman–Crippen LogP) is 7.10. The van der Waals surface area contributed by atoms with Crippen molar-refractivity contribution in [3.05, 3.63) is 57.6 Å². The Morgan fingerprint density at radius 3 is 1.21 bits per heavy atom. The van der Waals surface area contributed by atoms with Crippen LogP contribution in [0.2, 0.25) is 0 Å². The van der Waals surface area contributed by atoms with Gasteiger partial charge in [-0.3, -0.25) is 0 Å². The highest BCUT2D eigenvalue weighted by atomic mass is 16.3. The molecule has 0 saturated carbocycles. The van der Waals surface area contributed by atoms with E-state index in [0.717, 1.165) is 33.4 Å². The van der Waals surface area contributed by atoms with Crippen LogP contribution >= 0.6 is 0 Å². The SMILES string of the molecule is Cc1cc(O)c(C(C)(C)C)c(C(c2cc(C)cc(O)c2C(C)(C)C)C(C)C)c1. The molecule has 154 valence electrons. The molecule has 2 aromatic carbocycles. The molecule has 0 amide bonds. The standard InChI is InChI=1S/C26H38O2/c1-15(2)22(18-11-16(3)13-20(27)23(18)25(5,6)7)19-12-17(4)14-21(28)24(19)26(8,9)10/h11-15,22,27-28H,1-10H3. The number of rotatable bonds is 3. The first-order chi connectivity index (χ1) is 12.6. The van der Waals surface area contributed by atoms with E-state index in [4.69, 9.17) is 0 Å². The van der Waals surface area contributed by atoms with Gasteiger partial charge in [0.2, 0.25) is 0 Å². The largest absolute Gasteiger partial charge is 0.508 e. The Labute approximate surface area is 171 Å². The van der Waals surface area contributed by atoms with Crippen LogP contribution in [0.5, 0.6) is 11.5 Å². The molecule has 0 fully saturated rings. The molecule has 0 atom stereocenters. The molecule has 0 unspecified atom stereocenters. The van der Waals surface area contributed by atoms with Crippen molar-refractivity contribution >= 4 is 0 Å². The Balaban J connectivity index is 2.96. The van der Waals surface area contributed by atoms with Gasteiger partial charge in [-0.05, 0) is 65.0 Å². The molecule has 2 nitrogen and oxygen atoms in total. The summed E-state index contributed by atoms with van der Waals surface area (Å²) in [5.74, 6) is 1.12. The predicted molar refractivity (Wildman–Crippen MR) is 120 cm³/mol. The van der Waals surface area contributed by atoms with Crippen molar-refractivity contribution in [3.8, 4) is 11.5 Å². The van der Waals surface area contributed by atoms with Crippen molar-refractivity contribution in [2.24, 2.45) is 5.92 Å². The smallest absolute Gasteiger partial charge is 0.119 e. The maximum atomic E-state index is 10.9. The molecule has 2 aromatic rings. The molecule has 2 rings (SSSR count). The number of aromatic hydroxyl groups is 2. The minimum atomic E-state index is -0.186. The summed E-state index contributed by atoms with van der Waals surface area (Å²) in [6.07, 6.45) is 0. The lowest BCUT2D eigenvalue weighted by Crippen LogP contribution is -2.23. The Morgan fingerprint density at radius 1 is 0.643 bits per heavy atom. The molecule has 0 aliphatic rings. The fourth-order valence-corrected chi connectivity index (χ4v) is 4.60. The molecule has 0 aliphatic carbocycles. The van der Waals surface area contributed by atoms with Gasteiger partial charge < -0.3 is 10.2 Å². The van der Waals surface area contributed by atoms with E-state index >= 15 is 0 Å². The number of benzene rings is 2. The van der Waals surface area contributed by atoms with Crippen molar-refractivity contribution < 1.29 is 10.2 Å². The maximum absolute atomic E-state index is 10.9. The van der Waals surface area contributed by atoms with Crippen molar-refractivity contribution in [1.82, 2.24) is 0 Å². The van der Waals surface area contributed by atoms with Gasteiger partial charge >= 0.3 is 0 Å². The second kappa shape index (κ2) is 7.46. The topological polar surface area (TPSA) is 40.5 Å². The number of phenolic OH excluding ortho intramolecular Hbond substituents is 2. The van der Waals surface area contributed by atoms with Crippen LogP contribution in [-0.2, 0) is 10.8 Å². The van der Waals surface area contributed by atoms with Crippen molar-refractivity contribution in [3.63, 3.8) is 0 Å². The average Bonchev–Trinajstić information content (AvgIpc) is 2.41. The Kier molecular flexibility index (Phi) is 5.95. The molecule has 0 aliphatic heterocycles. The van der Waals surface area contributed by atoms with E-state index in [1.54, 1.807) is 0 Å². The minimum Gasteiger partial charge on any atom is -0.508 e. The molecular formula is C26H38O2. The van der Waals surface area contributed by atoms with E-state index in [-0.39, 0.29) is 16.7 Å². The average molecular weight is 383 g/mol. The van der Waals surface area contributed by atoms with Crippen LogP contribution in [0.15, 0.2) is 24.3 Å². The number of hydrogen-bond donors (Lipinski definition) is 2. The van der Waals surface area contributed by atoms with Crippen LogP contribution in [0.25, 0.3) is 0 Å². The van der Waals surface area contributed by atoms with Crippen molar-refractivity contribution in [2.75, 3.05) is 0 Å². The summed E-state index contributed by atoms with van der Waals surface area (Å²) in [7, 11) is 0. The van der Waals surface area contributed by atoms with Gasteiger partial charge in [0.05, 0.1) is 0 Å². The molecule has 0 heterocycles. The zero-order valence-corrected chi connectivity index (χ0v) is 19.4. The lowest BCUT2D eigenvalue weighted by molar-refractivity contribution is 0.430. The van der Waals surface area contributed by atoms with Crippen LogP contribution in [0.1, 0.15) is 94.7 Å². The van der Waals surface area contributed by atoms with E-state index in [9.17, 15) is 10.2 Å². The third-order valence-corrected chi connectivity index (χ3v) is 5.42. The van der Waals surface area contributed by atoms with Gasteiger partial charge in [0.1, 0.15) is 11.5 Å². The molecule has 0 saturated heterocycles. The molecule has 2 heteroatoms. The highest BCUT2D eigenvalue weighted by Crippen LogP contribution is 2.47. The number of hydrogen-bond acceptors (Lipinski definition) is 2. The number of phenols is 2. The Morgan fingerprint density at radius 2 is 0.964 bits per heavy atom. The van der Waals surface area contributed by atoms with Gasteiger partial charge in [-0.2, -0.15) is 0 Å². The molecule has 0 bridgehead atoms. The van der Waals surface area contributed by atoms with Crippen LogP contribution in [0, 0.1) is 19.8 Å². The summed E-state index contributed by atoms with van der Waals surface area (Å²) in [5, 5.41) is 21.7. The minimum absolute atomic E-state index is 0.0834. The summed E-state index contributed by atoms with van der Waals surface area (Å²) in [4.78, 5) is 0. The van der Waals surface area contributed by atoms with Gasteiger partial charge in [0, 0.05) is 17.0 Å². The summed E-state index contributed by atoms with van der Waals surface area (Å²) in [5.41, 5.74) is 6.06. The summed E-state index contributed by atoms with van der Waals surface area (Å²) in [6, 6.07) is 8.16. The van der Waals surface area contributed by atoms with Crippen LogP contribution in [0.4, 0.5) is 0 Å². The van der Waals surface area contributed by atoms with Gasteiger partial charge in [-0.15, -0.1) is 0 Å². The van der Waals surface area contributed by atoms with Gasteiger partial charge in [-0.25, -0.2) is 0 Å². The lowest BCUT2D eigenvalue weighted by Gasteiger charge is -2.35. The van der Waals surface area contributed by atoms with Crippen LogP contribution in [-0.4, -0.2) is 10.2 Å². The first-order valence-corrected chi connectivity index (χ1v) is 10.3. The third kappa shape index (κ3) is 4.37. The van der Waals surface area contributed by atoms with E-state index in [1.165, 1.54) is 0 Å². The van der Waals surface area contributed by atoms with Gasteiger partial charge in [0.25, 0.3) is 0 Å². The van der Waals surface area contributed by atoms with Crippen LogP contribution in [0.3, 0.4) is 0 Å². The Hall–Kier alpha value is -1.96. The number of aryl methyl sites for hydroxylation is 2. The normalized spacial score (nSPS) is 12.9. The summed E-state index contributed by atoms with van der Waals surface area (Å²) in [6.45, 7) is 21.4. The van der Waals surface area contributed by atoms with Crippen molar-refractivity contribution in [2.45, 2.75) is 86.0 Å². The fourth-order valence-electron chi connectivity index (χ4n) is 4.60. The molecule has 28 heavy (non-hydrogen) atoms. The zero-order chi connectivity index (χ0) is 21.6. The van der Waals surface area contributed by atoms with Crippen molar-refractivity contribution in [1.29, 1.82) is 0 Å². The Bertz CT molecular complexity index is 792. The van der Waals surface area contributed by atoms with Gasteiger partial charge in [-0.1, -0.05) is 67.5 Å². The molecule has 0 aromatic heterocycles. The quantitative estimate of drug-likeness (QED) is 0.594. The lowest BCUT2D eigenvalue weighted by atomic mass is 9.70.